The second kappa shape index (κ2) is 10.7. The fourth-order valence-corrected chi connectivity index (χ4v) is 4.09. The number of esters is 1. The number of carbonyl (C=O) groups excluding carboxylic acids is 1. The third-order valence-corrected chi connectivity index (χ3v) is 5.46. The SMILES string of the molecule is CN1OC([C@H](CCCC2CCCCC2)CC(=O)OC(C)(C)C)=NC1CNS. The average Bonchev–Trinajstić information content (AvgIpc) is 2.94. The summed E-state index contributed by atoms with van der Waals surface area (Å²) >= 11 is 4.06. The molecule has 2 aliphatic rings. The molecule has 1 aliphatic carbocycles. The molecule has 0 bridgehead atoms. The quantitative estimate of drug-likeness (QED) is 0.451. The Hall–Kier alpha value is -0.790. The Morgan fingerprint density at radius 3 is 2.70 bits per heavy atom. The van der Waals surface area contributed by atoms with E-state index < -0.39 is 5.60 Å². The van der Waals surface area contributed by atoms with Crippen molar-refractivity contribution in [1.82, 2.24) is 9.79 Å². The summed E-state index contributed by atoms with van der Waals surface area (Å²) in [6.07, 6.45) is 10.3. The average molecular weight is 400 g/mol. The number of ether oxygens (including phenoxy) is 1. The third-order valence-electron chi connectivity index (χ3n) is 5.28. The van der Waals surface area contributed by atoms with E-state index in [4.69, 9.17) is 9.57 Å². The molecular formula is C20H37N3O3S. The van der Waals surface area contributed by atoms with Crippen LogP contribution in [0.25, 0.3) is 0 Å². The van der Waals surface area contributed by atoms with E-state index in [0.717, 1.165) is 18.8 Å². The summed E-state index contributed by atoms with van der Waals surface area (Å²) in [7, 11) is 1.86. The van der Waals surface area contributed by atoms with E-state index in [0.29, 0.717) is 18.9 Å². The minimum absolute atomic E-state index is 0.0317. The van der Waals surface area contributed by atoms with Crippen LogP contribution in [0, 0.1) is 11.8 Å². The molecule has 0 saturated heterocycles. The molecular weight excluding hydrogens is 362 g/mol. The van der Waals surface area contributed by atoms with Crippen molar-refractivity contribution in [2.75, 3.05) is 13.6 Å². The maximum absolute atomic E-state index is 12.4. The van der Waals surface area contributed by atoms with Crippen LogP contribution < -0.4 is 4.72 Å². The van der Waals surface area contributed by atoms with E-state index >= 15 is 0 Å². The number of hydroxylamine groups is 2. The Balaban J connectivity index is 1.95. The lowest BCUT2D eigenvalue weighted by molar-refractivity contribution is -0.155. The molecule has 2 atom stereocenters. The van der Waals surface area contributed by atoms with Crippen LogP contribution in [0.2, 0.25) is 0 Å². The van der Waals surface area contributed by atoms with Crippen LogP contribution in [0.4, 0.5) is 0 Å². The van der Waals surface area contributed by atoms with Crippen molar-refractivity contribution in [2.24, 2.45) is 16.8 Å². The first-order valence-electron chi connectivity index (χ1n) is 10.4. The van der Waals surface area contributed by atoms with Gasteiger partial charge in [-0.2, -0.15) is 0 Å². The van der Waals surface area contributed by atoms with Gasteiger partial charge in [-0.05, 0) is 33.1 Å². The summed E-state index contributed by atoms with van der Waals surface area (Å²) in [5, 5.41) is 1.72. The van der Waals surface area contributed by atoms with Gasteiger partial charge in [-0.1, -0.05) is 57.8 Å². The number of hydrogen-bond donors (Lipinski definition) is 2. The zero-order valence-corrected chi connectivity index (χ0v) is 18.3. The highest BCUT2D eigenvalue weighted by Crippen LogP contribution is 2.30. The van der Waals surface area contributed by atoms with Gasteiger partial charge in [-0.25, -0.2) is 4.99 Å². The summed E-state index contributed by atoms with van der Waals surface area (Å²) in [4.78, 5) is 22.9. The molecule has 2 rings (SSSR count). The van der Waals surface area contributed by atoms with Crippen molar-refractivity contribution in [3.8, 4) is 0 Å². The topological polar surface area (TPSA) is 63.2 Å². The molecule has 1 aliphatic heterocycles. The lowest BCUT2D eigenvalue weighted by Crippen LogP contribution is -2.32. The molecule has 6 nitrogen and oxygen atoms in total. The van der Waals surface area contributed by atoms with Crippen molar-refractivity contribution in [2.45, 2.75) is 90.3 Å². The normalized spacial score (nSPS) is 23.0. The van der Waals surface area contributed by atoms with E-state index in [1.807, 2.05) is 27.8 Å². The Labute approximate surface area is 169 Å². The standard InChI is InChI=1S/C20H37N3O3S/c1-20(2,3)25-18(24)13-16(12-8-11-15-9-6-5-7-10-15)19-22-17(14-21-27)23(4)26-19/h15-17,21,27H,5-14H2,1-4H3/t16-,17?/m1/s1. The van der Waals surface area contributed by atoms with Gasteiger partial charge >= 0.3 is 5.97 Å². The number of thiol groups is 1. The molecule has 0 spiro atoms. The van der Waals surface area contributed by atoms with Crippen LogP contribution in [-0.2, 0) is 14.4 Å². The number of hydrogen-bond acceptors (Lipinski definition) is 7. The first kappa shape index (κ1) is 22.5. The Morgan fingerprint density at radius 1 is 1.37 bits per heavy atom. The van der Waals surface area contributed by atoms with Crippen molar-refractivity contribution < 1.29 is 14.4 Å². The first-order chi connectivity index (χ1) is 12.8. The summed E-state index contributed by atoms with van der Waals surface area (Å²) < 4.78 is 8.37. The van der Waals surface area contributed by atoms with Gasteiger partial charge in [0.1, 0.15) is 5.60 Å². The van der Waals surface area contributed by atoms with Crippen LogP contribution in [0.5, 0.6) is 0 Å². The molecule has 7 heteroatoms. The van der Waals surface area contributed by atoms with Gasteiger partial charge in [0.25, 0.3) is 0 Å². The number of aliphatic imine (C=N–C) groups is 1. The largest absolute Gasteiger partial charge is 0.460 e. The van der Waals surface area contributed by atoms with E-state index in [2.05, 4.69) is 22.5 Å². The first-order valence-corrected chi connectivity index (χ1v) is 10.8. The van der Waals surface area contributed by atoms with Crippen LogP contribution >= 0.6 is 12.8 Å². The van der Waals surface area contributed by atoms with Crippen molar-refractivity contribution in [1.29, 1.82) is 0 Å². The highest BCUT2D eigenvalue weighted by molar-refractivity contribution is 7.78. The molecule has 0 amide bonds. The zero-order chi connectivity index (χ0) is 19.9. The molecule has 0 aromatic heterocycles. The Kier molecular flexibility index (Phi) is 8.89. The number of rotatable bonds is 9. The van der Waals surface area contributed by atoms with Crippen LogP contribution in [-0.4, -0.2) is 42.3 Å². The van der Waals surface area contributed by atoms with E-state index in [9.17, 15) is 4.79 Å². The molecule has 1 saturated carbocycles. The van der Waals surface area contributed by atoms with E-state index in [1.165, 1.54) is 38.5 Å². The molecule has 156 valence electrons. The number of likely N-dealkylation sites (N-methyl/N-ethyl adjacent to an activating group) is 1. The van der Waals surface area contributed by atoms with Crippen molar-refractivity contribution in [3.63, 3.8) is 0 Å². The fourth-order valence-electron chi connectivity index (χ4n) is 3.92. The molecule has 0 radical (unpaired) electrons. The lowest BCUT2D eigenvalue weighted by Gasteiger charge is -2.24. The van der Waals surface area contributed by atoms with E-state index in [1.54, 1.807) is 5.06 Å². The number of nitrogens with one attached hydrogen (secondary N) is 1. The molecule has 0 aromatic carbocycles. The van der Waals surface area contributed by atoms with E-state index in [-0.39, 0.29) is 18.1 Å². The van der Waals surface area contributed by atoms with Gasteiger partial charge in [0, 0.05) is 19.5 Å². The maximum Gasteiger partial charge on any atom is 0.307 e. The van der Waals surface area contributed by atoms with Gasteiger partial charge in [-0.3, -0.25) is 9.52 Å². The predicted octanol–water partition coefficient (Wildman–Crippen LogP) is 4.12. The Morgan fingerprint density at radius 2 is 2.07 bits per heavy atom. The van der Waals surface area contributed by atoms with Crippen molar-refractivity contribution in [3.05, 3.63) is 0 Å². The third kappa shape index (κ3) is 8.00. The van der Waals surface area contributed by atoms with Gasteiger partial charge in [0.05, 0.1) is 6.42 Å². The van der Waals surface area contributed by atoms with Crippen molar-refractivity contribution >= 4 is 24.7 Å². The van der Waals surface area contributed by atoms with Gasteiger partial charge in [0.2, 0.25) is 5.90 Å². The minimum Gasteiger partial charge on any atom is -0.460 e. The van der Waals surface area contributed by atoms with Gasteiger partial charge in [0.15, 0.2) is 6.17 Å². The molecule has 1 N–H and O–H groups in total. The summed E-state index contributed by atoms with van der Waals surface area (Å²) in [6.45, 7) is 6.28. The highest BCUT2D eigenvalue weighted by Gasteiger charge is 2.32. The summed E-state index contributed by atoms with van der Waals surface area (Å²) in [5.74, 6) is 1.28. The lowest BCUT2D eigenvalue weighted by atomic mass is 9.84. The second-order valence-corrected chi connectivity index (χ2v) is 9.19. The molecule has 27 heavy (non-hydrogen) atoms. The van der Waals surface area contributed by atoms with Gasteiger partial charge < -0.3 is 9.57 Å². The monoisotopic (exact) mass is 399 g/mol. The zero-order valence-electron chi connectivity index (χ0n) is 17.4. The predicted molar refractivity (Wildman–Crippen MR) is 111 cm³/mol. The summed E-state index contributed by atoms with van der Waals surface area (Å²) in [6, 6.07) is 0. The minimum atomic E-state index is -0.475. The van der Waals surface area contributed by atoms with Crippen LogP contribution in [0.15, 0.2) is 4.99 Å². The molecule has 1 heterocycles. The van der Waals surface area contributed by atoms with Gasteiger partial charge in [-0.15, -0.1) is 5.06 Å². The maximum atomic E-state index is 12.4. The Bertz CT molecular complexity index is 501. The molecule has 1 unspecified atom stereocenters. The smallest absolute Gasteiger partial charge is 0.307 e. The fraction of sp³-hybridized carbons (Fsp3) is 0.900. The van der Waals surface area contributed by atoms with Crippen LogP contribution in [0.3, 0.4) is 0 Å². The summed E-state index contributed by atoms with van der Waals surface area (Å²) in [5.41, 5.74) is -0.475. The van der Waals surface area contributed by atoms with Crippen LogP contribution in [0.1, 0.15) is 78.6 Å². The molecule has 0 aromatic rings. The number of carbonyl (C=O) groups is 1. The second-order valence-electron chi connectivity index (χ2n) is 8.87. The molecule has 1 fully saturated rings. The number of nitrogens with zero attached hydrogens (tertiary/aromatic N) is 2. The highest BCUT2D eigenvalue weighted by atomic mass is 32.1.